The summed E-state index contributed by atoms with van der Waals surface area (Å²) in [6.45, 7) is 3.63. The number of benzene rings is 2. The van der Waals surface area contributed by atoms with Crippen LogP contribution in [0.3, 0.4) is 0 Å². The largest absolute Gasteiger partial charge is 0.350 e. The summed E-state index contributed by atoms with van der Waals surface area (Å²) in [5.41, 5.74) is 8.89. The molecule has 0 bridgehead atoms. The molecule has 1 saturated heterocycles. The number of aromatic amines is 1. The average Bonchev–Trinajstić information content (AvgIpc) is 3.36. The number of aromatic nitrogens is 1. The van der Waals surface area contributed by atoms with E-state index in [0.717, 1.165) is 47.0 Å². The van der Waals surface area contributed by atoms with Crippen molar-refractivity contribution in [1.82, 2.24) is 15.6 Å². The zero-order chi connectivity index (χ0) is 20.1. The number of carbonyl (C=O) groups is 1. The van der Waals surface area contributed by atoms with Crippen molar-refractivity contribution in [3.8, 4) is 11.1 Å². The maximum Gasteiger partial charge on any atom is 0.268 e. The summed E-state index contributed by atoms with van der Waals surface area (Å²) in [5.74, 6) is -0.322. The van der Waals surface area contributed by atoms with E-state index in [2.05, 4.69) is 21.4 Å². The lowest BCUT2D eigenvalue weighted by Crippen LogP contribution is -2.37. The fraction of sp³-hybridized carbons (Fsp3) is 0.318. The molecule has 1 aromatic heterocycles. The van der Waals surface area contributed by atoms with E-state index >= 15 is 0 Å². The van der Waals surface area contributed by atoms with E-state index in [1.54, 1.807) is 12.1 Å². The summed E-state index contributed by atoms with van der Waals surface area (Å²) in [7, 11) is 1.50. The molecule has 2 heterocycles. The van der Waals surface area contributed by atoms with Gasteiger partial charge >= 0.3 is 0 Å². The molecule has 1 fully saturated rings. The molecule has 0 radical (unpaired) electrons. The molecule has 5 nitrogen and oxygen atoms in total. The van der Waals surface area contributed by atoms with Crippen LogP contribution in [0.5, 0.6) is 0 Å². The third kappa shape index (κ3) is 4.24. The molecule has 1 aliphatic heterocycles. The number of hydrogen-bond donors (Lipinski definition) is 4. The zero-order valence-corrected chi connectivity index (χ0v) is 16.3. The van der Waals surface area contributed by atoms with Gasteiger partial charge in [-0.3, -0.25) is 4.79 Å². The van der Waals surface area contributed by atoms with Gasteiger partial charge in [-0.15, -0.1) is 0 Å². The molecule has 0 aliphatic carbocycles. The molecule has 0 spiro atoms. The van der Waals surface area contributed by atoms with Crippen LogP contribution in [0.25, 0.3) is 22.0 Å². The van der Waals surface area contributed by atoms with Gasteiger partial charge in [-0.25, -0.2) is 4.39 Å². The van der Waals surface area contributed by atoms with Crippen molar-refractivity contribution in [3.05, 3.63) is 59.5 Å². The smallest absolute Gasteiger partial charge is 0.268 e. The quantitative estimate of drug-likeness (QED) is 0.558. The van der Waals surface area contributed by atoms with Crippen LogP contribution in [-0.4, -0.2) is 37.1 Å². The van der Waals surface area contributed by atoms with Crippen molar-refractivity contribution in [3.63, 3.8) is 0 Å². The maximum absolute atomic E-state index is 13.1. The van der Waals surface area contributed by atoms with Crippen LogP contribution >= 0.6 is 0 Å². The van der Waals surface area contributed by atoms with Crippen LogP contribution in [0.15, 0.2) is 42.5 Å². The van der Waals surface area contributed by atoms with Gasteiger partial charge in [0.25, 0.3) is 5.91 Å². The lowest BCUT2D eigenvalue weighted by molar-refractivity contribution is 0.0945. The van der Waals surface area contributed by atoms with Crippen molar-refractivity contribution >= 4 is 16.8 Å². The van der Waals surface area contributed by atoms with E-state index in [4.69, 9.17) is 0 Å². The molecule has 1 atom stereocenters. The van der Waals surface area contributed by atoms with Crippen molar-refractivity contribution < 1.29 is 9.18 Å². The minimum Gasteiger partial charge on any atom is -0.350 e. The molecule has 1 amide bonds. The number of amides is 1. The molecular weight excluding hydrogens is 355 g/mol. The summed E-state index contributed by atoms with van der Waals surface area (Å²) in [5, 5.41) is 7.43. The Morgan fingerprint density at radius 2 is 1.89 bits per heavy atom. The summed E-state index contributed by atoms with van der Waals surface area (Å²) >= 11 is 0. The Morgan fingerprint density at radius 1 is 1.18 bits per heavy atom. The minimum atomic E-state index is -0.249. The number of hydrogen-bond acceptors (Lipinski definition) is 3. The van der Waals surface area contributed by atoms with Crippen LogP contribution in [0.2, 0.25) is 0 Å². The van der Waals surface area contributed by atoms with Gasteiger partial charge in [0, 0.05) is 23.5 Å². The highest BCUT2D eigenvalue weighted by molar-refractivity contribution is 6.01. The maximum atomic E-state index is 13.1. The standard InChI is InChI=1S/C21H22FN3O.CH5N/c1-13-18-9-6-15(14-4-7-16(22)8-5-14)11-19(18)25-20(13)21(26)24-12-17-3-2-10-23-17;1-2/h4-9,11,17,23,25H,2-3,10,12H2,1H3,(H,24,26);2H2,1H3/t17-;/m0./s1. The van der Waals surface area contributed by atoms with Crippen LogP contribution in [-0.2, 0) is 0 Å². The number of carbonyl (C=O) groups excluding carboxylic acids is 1. The highest BCUT2D eigenvalue weighted by Crippen LogP contribution is 2.28. The number of rotatable bonds is 4. The van der Waals surface area contributed by atoms with Crippen LogP contribution in [0.4, 0.5) is 4.39 Å². The lowest BCUT2D eigenvalue weighted by Gasteiger charge is -2.11. The second kappa shape index (κ2) is 8.99. The number of fused-ring (bicyclic) bond motifs is 1. The number of nitrogens with one attached hydrogen (secondary N) is 3. The SMILES string of the molecule is CN.Cc1c(C(=O)NC[C@@H]2CCCN2)[nH]c2cc(-c3ccc(F)cc3)ccc12. The summed E-state index contributed by atoms with van der Waals surface area (Å²) in [6, 6.07) is 12.8. The van der Waals surface area contributed by atoms with Crippen molar-refractivity contribution in [2.45, 2.75) is 25.8 Å². The third-order valence-corrected chi connectivity index (χ3v) is 5.13. The summed E-state index contributed by atoms with van der Waals surface area (Å²) in [6.07, 6.45) is 2.27. The molecule has 0 unspecified atom stereocenters. The van der Waals surface area contributed by atoms with Gasteiger partial charge in [-0.1, -0.05) is 24.3 Å². The molecule has 28 heavy (non-hydrogen) atoms. The lowest BCUT2D eigenvalue weighted by atomic mass is 10.0. The second-order valence-electron chi connectivity index (χ2n) is 6.90. The highest BCUT2D eigenvalue weighted by Gasteiger charge is 2.18. The fourth-order valence-electron chi connectivity index (χ4n) is 3.62. The van der Waals surface area contributed by atoms with Gasteiger partial charge in [-0.2, -0.15) is 0 Å². The fourth-order valence-corrected chi connectivity index (χ4v) is 3.62. The molecule has 148 valence electrons. The Hall–Kier alpha value is -2.70. The first kappa shape index (κ1) is 20.0. The summed E-state index contributed by atoms with van der Waals surface area (Å²) in [4.78, 5) is 15.8. The van der Waals surface area contributed by atoms with E-state index in [9.17, 15) is 9.18 Å². The predicted octanol–water partition coefficient (Wildman–Crippen LogP) is 3.34. The van der Waals surface area contributed by atoms with Gasteiger partial charge in [0.2, 0.25) is 0 Å². The first-order valence-electron chi connectivity index (χ1n) is 9.59. The minimum absolute atomic E-state index is 0.0734. The van der Waals surface area contributed by atoms with Crippen LogP contribution < -0.4 is 16.4 Å². The normalized spacial score (nSPS) is 15.9. The van der Waals surface area contributed by atoms with E-state index in [0.29, 0.717) is 18.3 Å². The third-order valence-electron chi connectivity index (χ3n) is 5.13. The highest BCUT2D eigenvalue weighted by atomic mass is 19.1. The average molecular weight is 382 g/mol. The Labute approximate surface area is 164 Å². The molecular formula is C22H27FN4O. The van der Waals surface area contributed by atoms with Crippen molar-refractivity contribution in [2.24, 2.45) is 5.73 Å². The molecule has 6 heteroatoms. The van der Waals surface area contributed by atoms with Crippen molar-refractivity contribution in [1.29, 1.82) is 0 Å². The molecule has 4 rings (SSSR count). The zero-order valence-electron chi connectivity index (χ0n) is 16.3. The summed E-state index contributed by atoms with van der Waals surface area (Å²) < 4.78 is 13.1. The topological polar surface area (TPSA) is 82.9 Å². The van der Waals surface area contributed by atoms with Crippen molar-refractivity contribution in [2.75, 3.05) is 20.1 Å². The Balaban J connectivity index is 0.00000109. The number of nitrogens with two attached hydrogens (primary N) is 1. The monoisotopic (exact) mass is 382 g/mol. The van der Waals surface area contributed by atoms with Gasteiger partial charge < -0.3 is 21.4 Å². The van der Waals surface area contributed by atoms with Crippen LogP contribution in [0, 0.1) is 12.7 Å². The molecule has 2 aromatic carbocycles. The van der Waals surface area contributed by atoms with Gasteiger partial charge in [0.05, 0.1) is 0 Å². The Morgan fingerprint density at radius 3 is 2.57 bits per heavy atom. The first-order valence-corrected chi connectivity index (χ1v) is 9.59. The first-order chi connectivity index (χ1) is 13.6. The number of H-pyrrole nitrogens is 1. The molecule has 3 aromatic rings. The number of aryl methyl sites for hydroxylation is 1. The van der Waals surface area contributed by atoms with Gasteiger partial charge in [0.1, 0.15) is 11.5 Å². The number of halogens is 1. The molecule has 5 N–H and O–H groups in total. The van der Waals surface area contributed by atoms with Gasteiger partial charge in [0.15, 0.2) is 0 Å². The predicted molar refractivity (Wildman–Crippen MR) is 112 cm³/mol. The van der Waals surface area contributed by atoms with E-state index < -0.39 is 0 Å². The van der Waals surface area contributed by atoms with E-state index in [1.165, 1.54) is 19.2 Å². The molecule has 0 saturated carbocycles. The second-order valence-corrected chi connectivity index (χ2v) is 6.90. The molecule has 1 aliphatic rings. The van der Waals surface area contributed by atoms with Crippen LogP contribution in [0.1, 0.15) is 28.9 Å². The Kier molecular flexibility index (Phi) is 6.44. The Bertz CT molecular complexity index is 943. The van der Waals surface area contributed by atoms with E-state index in [-0.39, 0.29) is 11.7 Å². The van der Waals surface area contributed by atoms with E-state index in [1.807, 2.05) is 25.1 Å². The van der Waals surface area contributed by atoms with Gasteiger partial charge in [-0.05, 0) is 68.2 Å².